The van der Waals surface area contributed by atoms with E-state index in [1.807, 2.05) is 0 Å². The molecule has 0 amide bonds. The number of hydrogen-bond acceptors (Lipinski definition) is 6. The van der Waals surface area contributed by atoms with Crippen LogP contribution in [-0.4, -0.2) is 49.8 Å². The number of hydrogen-bond donors (Lipinski definition) is 3. The van der Waals surface area contributed by atoms with Crippen LogP contribution in [0.4, 0.5) is 13.2 Å². The molecule has 3 N–H and O–H groups in total. The van der Waals surface area contributed by atoms with E-state index in [0.29, 0.717) is 6.20 Å². The molecule has 0 saturated carbocycles. The second kappa shape index (κ2) is 5.76. The molecule has 1 aromatic heterocycles. The molecule has 9 heteroatoms. The number of nitrogens with zero attached hydrogens (tertiary/aromatic N) is 1. The van der Waals surface area contributed by atoms with Crippen LogP contribution in [0, 0.1) is 0 Å². The molecule has 0 unspecified atom stereocenters. The molecule has 1 aromatic rings. The van der Waals surface area contributed by atoms with E-state index in [0.717, 1.165) is 24.0 Å². The molecule has 112 valence electrons. The van der Waals surface area contributed by atoms with Gasteiger partial charge in [0.05, 0.1) is 17.9 Å². The van der Waals surface area contributed by atoms with Crippen LogP contribution in [0.1, 0.15) is 5.56 Å². The van der Waals surface area contributed by atoms with Crippen LogP contribution in [0.3, 0.4) is 0 Å². The SMILES string of the molecule is O[C@@H]1[C@@H](O)[C@H](Oc2cncc(C(F)(F)F)c2)SC[C@H]1O. The van der Waals surface area contributed by atoms with Crippen LogP contribution >= 0.6 is 11.8 Å². The lowest BCUT2D eigenvalue weighted by Gasteiger charge is -2.34. The van der Waals surface area contributed by atoms with Gasteiger partial charge in [-0.2, -0.15) is 13.2 Å². The number of aliphatic hydroxyl groups is 3. The summed E-state index contributed by atoms with van der Waals surface area (Å²) < 4.78 is 42.7. The van der Waals surface area contributed by atoms with E-state index < -0.39 is 35.5 Å². The summed E-state index contributed by atoms with van der Waals surface area (Å²) in [7, 11) is 0. The minimum atomic E-state index is -4.54. The van der Waals surface area contributed by atoms with Gasteiger partial charge in [0.25, 0.3) is 0 Å². The van der Waals surface area contributed by atoms with Crippen molar-refractivity contribution in [2.24, 2.45) is 0 Å². The molecule has 0 radical (unpaired) electrons. The Kier molecular flexibility index (Phi) is 4.43. The molecular weight excluding hydrogens is 299 g/mol. The molecule has 2 rings (SSSR count). The van der Waals surface area contributed by atoms with Crippen LogP contribution in [0.2, 0.25) is 0 Å². The molecule has 0 bridgehead atoms. The number of thioether (sulfide) groups is 1. The first kappa shape index (κ1) is 15.4. The molecule has 0 spiro atoms. The summed E-state index contributed by atoms with van der Waals surface area (Å²) >= 11 is 1.00. The zero-order valence-electron chi connectivity index (χ0n) is 9.99. The van der Waals surface area contributed by atoms with Gasteiger partial charge in [0.1, 0.15) is 18.0 Å². The van der Waals surface area contributed by atoms with Gasteiger partial charge in [-0.15, -0.1) is 11.8 Å². The highest BCUT2D eigenvalue weighted by Gasteiger charge is 2.39. The highest BCUT2D eigenvalue weighted by atomic mass is 32.2. The number of rotatable bonds is 2. The Morgan fingerprint density at radius 3 is 2.55 bits per heavy atom. The normalized spacial score (nSPS) is 31.1. The van der Waals surface area contributed by atoms with E-state index in [1.54, 1.807) is 0 Å². The van der Waals surface area contributed by atoms with Crippen LogP contribution in [-0.2, 0) is 6.18 Å². The van der Waals surface area contributed by atoms with Gasteiger partial charge in [-0.05, 0) is 6.07 Å². The van der Waals surface area contributed by atoms with Crippen molar-refractivity contribution in [2.45, 2.75) is 29.9 Å². The van der Waals surface area contributed by atoms with E-state index in [1.165, 1.54) is 0 Å². The van der Waals surface area contributed by atoms with Gasteiger partial charge < -0.3 is 20.1 Å². The van der Waals surface area contributed by atoms with Gasteiger partial charge in [-0.1, -0.05) is 0 Å². The molecule has 2 heterocycles. The van der Waals surface area contributed by atoms with Crippen LogP contribution in [0.5, 0.6) is 5.75 Å². The third kappa shape index (κ3) is 3.35. The summed E-state index contributed by atoms with van der Waals surface area (Å²) in [4.78, 5) is 3.43. The zero-order valence-corrected chi connectivity index (χ0v) is 10.8. The maximum atomic E-state index is 12.5. The Morgan fingerprint density at radius 1 is 1.20 bits per heavy atom. The fourth-order valence-electron chi connectivity index (χ4n) is 1.66. The average Bonchev–Trinajstić information content (AvgIpc) is 2.39. The highest BCUT2D eigenvalue weighted by Crippen LogP contribution is 2.33. The molecule has 5 nitrogen and oxygen atoms in total. The topological polar surface area (TPSA) is 82.8 Å². The lowest BCUT2D eigenvalue weighted by atomic mass is 10.1. The first-order valence-corrected chi connectivity index (χ1v) is 6.68. The maximum absolute atomic E-state index is 12.5. The fourth-order valence-corrected chi connectivity index (χ4v) is 2.78. The quantitative estimate of drug-likeness (QED) is 0.743. The van der Waals surface area contributed by atoms with E-state index in [4.69, 9.17) is 4.74 Å². The minimum absolute atomic E-state index is 0.106. The number of pyridine rings is 1. The van der Waals surface area contributed by atoms with Crippen molar-refractivity contribution in [3.8, 4) is 5.75 Å². The van der Waals surface area contributed by atoms with Crippen LogP contribution in [0.25, 0.3) is 0 Å². The molecule has 1 aliphatic heterocycles. The second-order valence-corrected chi connectivity index (χ2v) is 5.41. The summed E-state index contributed by atoms with van der Waals surface area (Å²) in [6.07, 6.45) is -6.70. The summed E-state index contributed by atoms with van der Waals surface area (Å²) in [6.45, 7) is 0. The monoisotopic (exact) mass is 311 g/mol. The molecule has 1 saturated heterocycles. The summed E-state index contributed by atoms with van der Waals surface area (Å²) in [5.41, 5.74) is -1.94. The standard InChI is InChI=1S/C11H12F3NO4S/c12-11(13,14)5-1-6(3-15-2-5)19-10-9(18)8(17)7(16)4-20-10/h1-3,7-10,16-18H,4H2/t7-,8+,9-,10-/m1/s1. The molecule has 0 aromatic carbocycles. The lowest BCUT2D eigenvalue weighted by molar-refractivity contribution is -0.138. The maximum Gasteiger partial charge on any atom is 0.418 e. The minimum Gasteiger partial charge on any atom is -0.475 e. The average molecular weight is 311 g/mol. The Balaban J connectivity index is 2.10. The van der Waals surface area contributed by atoms with E-state index >= 15 is 0 Å². The third-order valence-electron chi connectivity index (χ3n) is 2.75. The fraction of sp³-hybridized carbons (Fsp3) is 0.545. The van der Waals surface area contributed by atoms with E-state index in [2.05, 4.69) is 4.98 Å². The molecule has 1 fully saturated rings. The van der Waals surface area contributed by atoms with Crippen molar-refractivity contribution in [2.75, 3.05) is 5.75 Å². The number of halogens is 3. The molecule has 20 heavy (non-hydrogen) atoms. The largest absolute Gasteiger partial charge is 0.475 e. The molecule has 1 aliphatic rings. The van der Waals surface area contributed by atoms with Crippen molar-refractivity contribution in [1.82, 2.24) is 4.98 Å². The number of alkyl halides is 3. The highest BCUT2D eigenvalue weighted by molar-refractivity contribution is 7.99. The second-order valence-electron chi connectivity index (χ2n) is 4.28. The predicted molar refractivity (Wildman–Crippen MR) is 64.1 cm³/mol. The van der Waals surface area contributed by atoms with Crippen molar-refractivity contribution < 1.29 is 33.2 Å². The van der Waals surface area contributed by atoms with Gasteiger partial charge in [0.2, 0.25) is 0 Å². The van der Waals surface area contributed by atoms with Crippen LogP contribution in [0.15, 0.2) is 18.5 Å². The van der Waals surface area contributed by atoms with E-state index in [9.17, 15) is 28.5 Å². The van der Waals surface area contributed by atoms with Crippen molar-refractivity contribution in [3.63, 3.8) is 0 Å². The van der Waals surface area contributed by atoms with Crippen molar-refractivity contribution >= 4 is 11.8 Å². The first-order chi connectivity index (χ1) is 9.29. The van der Waals surface area contributed by atoms with Gasteiger partial charge in [-0.3, -0.25) is 4.98 Å². The van der Waals surface area contributed by atoms with Gasteiger partial charge in [0, 0.05) is 11.9 Å². The molecular formula is C11H12F3NO4S. The summed E-state index contributed by atoms with van der Waals surface area (Å²) in [5.74, 6) is -0.0603. The number of aliphatic hydroxyl groups excluding tert-OH is 3. The predicted octanol–water partition coefficient (Wildman–Crippen LogP) is 0.635. The first-order valence-electron chi connectivity index (χ1n) is 5.64. The van der Waals surface area contributed by atoms with Gasteiger partial charge >= 0.3 is 6.18 Å². The number of aromatic nitrogens is 1. The smallest absolute Gasteiger partial charge is 0.418 e. The Hall–Kier alpha value is -1.03. The van der Waals surface area contributed by atoms with Gasteiger partial charge in [0.15, 0.2) is 5.44 Å². The Labute approximate surface area is 116 Å². The molecule has 0 aliphatic carbocycles. The van der Waals surface area contributed by atoms with Gasteiger partial charge in [-0.25, -0.2) is 0 Å². The number of ether oxygens (including phenoxy) is 1. The van der Waals surface area contributed by atoms with Crippen molar-refractivity contribution in [3.05, 3.63) is 24.0 Å². The van der Waals surface area contributed by atoms with Crippen molar-refractivity contribution in [1.29, 1.82) is 0 Å². The lowest BCUT2D eigenvalue weighted by Crippen LogP contribution is -2.50. The summed E-state index contributed by atoms with van der Waals surface area (Å²) in [5, 5.41) is 28.5. The Morgan fingerprint density at radius 2 is 1.90 bits per heavy atom. The summed E-state index contributed by atoms with van der Waals surface area (Å²) in [6, 6.07) is 0.762. The third-order valence-corrected chi connectivity index (χ3v) is 3.98. The van der Waals surface area contributed by atoms with E-state index in [-0.39, 0.29) is 11.5 Å². The Bertz CT molecular complexity index is 473. The molecule has 4 atom stereocenters. The van der Waals surface area contributed by atoms with Crippen LogP contribution < -0.4 is 4.74 Å². The zero-order chi connectivity index (χ0) is 14.9.